The number of carbonyl (C=O) groups excluding carboxylic acids is 3. The highest BCUT2D eigenvalue weighted by Crippen LogP contribution is 2.34. The number of hydrogen-bond donors (Lipinski definition) is 0. The Morgan fingerprint density at radius 1 is 1.00 bits per heavy atom. The Hall–Kier alpha value is -3.03. The van der Waals surface area contributed by atoms with Crippen LogP contribution in [0.4, 0.5) is 0 Å². The maximum Gasteiger partial charge on any atom is 0.261 e. The Bertz CT molecular complexity index is 969. The average molecular weight is 422 g/mol. The third kappa shape index (κ3) is 3.98. The van der Waals surface area contributed by atoms with Crippen molar-refractivity contribution >= 4 is 17.7 Å². The average Bonchev–Trinajstić information content (AvgIpc) is 3.14. The number of rotatable bonds is 6. The Balaban J connectivity index is 1.52. The van der Waals surface area contributed by atoms with Crippen LogP contribution in [-0.2, 0) is 20.9 Å². The number of amides is 3. The predicted molar refractivity (Wildman–Crippen MR) is 113 cm³/mol. The molecule has 7 nitrogen and oxygen atoms in total. The minimum absolute atomic E-state index is 0.0545. The number of fused-ring (bicyclic) bond motifs is 1. The molecule has 2 aromatic rings. The molecule has 31 heavy (non-hydrogen) atoms. The molecule has 162 valence electrons. The summed E-state index contributed by atoms with van der Waals surface area (Å²) < 4.78 is 12.1. The molecule has 1 saturated heterocycles. The molecule has 0 bridgehead atoms. The molecule has 2 aliphatic rings. The summed E-state index contributed by atoms with van der Waals surface area (Å²) >= 11 is 0. The molecule has 0 N–H and O–H groups in total. The smallest absolute Gasteiger partial charge is 0.261 e. The molecule has 0 saturated carbocycles. The van der Waals surface area contributed by atoms with E-state index in [0.29, 0.717) is 17.7 Å². The van der Waals surface area contributed by atoms with Gasteiger partial charge in [0, 0.05) is 6.92 Å². The number of imide groups is 1. The summed E-state index contributed by atoms with van der Waals surface area (Å²) in [6.45, 7) is 5.77. The van der Waals surface area contributed by atoms with Crippen molar-refractivity contribution in [1.82, 2.24) is 9.80 Å². The summed E-state index contributed by atoms with van der Waals surface area (Å²) in [4.78, 5) is 40.9. The van der Waals surface area contributed by atoms with Crippen LogP contribution in [0.3, 0.4) is 0 Å². The fraction of sp³-hybridized carbons (Fsp3) is 0.375. The molecule has 2 aromatic carbocycles. The van der Waals surface area contributed by atoms with E-state index in [4.69, 9.17) is 9.47 Å². The number of benzene rings is 2. The van der Waals surface area contributed by atoms with Crippen molar-refractivity contribution in [3.8, 4) is 0 Å². The number of hydrogen-bond acceptors (Lipinski definition) is 5. The summed E-state index contributed by atoms with van der Waals surface area (Å²) in [6.07, 6.45) is -0.558. The minimum Gasteiger partial charge on any atom is -0.375 e. The normalized spacial score (nSPS) is 22.2. The predicted octanol–water partition coefficient (Wildman–Crippen LogP) is 2.85. The molecule has 0 spiro atoms. The van der Waals surface area contributed by atoms with Crippen LogP contribution in [0.15, 0.2) is 54.6 Å². The van der Waals surface area contributed by atoms with Crippen molar-refractivity contribution in [2.24, 2.45) is 0 Å². The summed E-state index contributed by atoms with van der Waals surface area (Å²) in [6, 6.07) is 16.1. The standard InChI is InChI=1S/C24H26N2O5/c1-16(27)26-20(15-30-14-17-9-5-4-6-10-17)21(31-24(26,2)3)13-25-22(28)18-11-7-8-12-19(18)23(25)29/h4-12,20-21H,13-15H2,1-3H3. The van der Waals surface area contributed by atoms with Crippen molar-refractivity contribution in [1.29, 1.82) is 0 Å². The monoisotopic (exact) mass is 422 g/mol. The number of nitrogens with zero attached hydrogens (tertiary/aromatic N) is 2. The molecular formula is C24H26N2O5. The molecule has 2 aliphatic heterocycles. The molecule has 3 amide bonds. The second-order valence-electron chi connectivity index (χ2n) is 8.33. The van der Waals surface area contributed by atoms with Crippen LogP contribution in [0.25, 0.3) is 0 Å². The molecule has 2 atom stereocenters. The number of ether oxygens (including phenoxy) is 2. The van der Waals surface area contributed by atoms with Crippen LogP contribution in [0.1, 0.15) is 47.1 Å². The molecule has 0 aliphatic carbocycles. The summed E-state index contributed by atoms with van der Waals surface area (Å²) in [7, 11) is 0. The zero-order valence-corrected chi connectivity index (χ0v) is 17.9. The maximum atomic E-state index is 12.8. The van der Waals surface area contributed by atoms with Crippen molar-refractivity contribution in [3.05, 3.63) is 71.3 Å². The van der Waals surface area contributed by atoms with E-state index in [2.05, 4.69) is 0 Å². The van der Waals surface area contributed by atoms with Crippen LogP contribution in [0.5, 0.6) is 0 Å². The lowest BCUT2D eigenvalue weighted by molar-refractivity contribution is -0.146. The van der Waals surface area contributed by atoms with Gasteiger partial charge in [0.25, 0.3) is 11.8 Å². The Morgan fingerprint density at radius 3 is 2.16 bits per heavy atom. The van der Waals surface area contributed by atoms with E-state index in [1.165, 1.54) is 11.8 Å². The second kappa shape index (κ2) is 8.24. The molecule has 7 heteroatoms. The van der Waals surface area contributed by atoms with E-state index in [1.807, 2.05) is 30.3 Å². The van der Waals surface area contributed by atoms with Gasteiger partial charge in [-0.05, 0) is 31.5 Å². The van der Waals surface area contributed by atoms with Crippen LogP contribution < -0.4 is 0 Å². The van der Waals surface area contributed by atoms with Gasteiger partial charge in [-0.25, -0.2) is 0 Å². The van der Waals surface area contributed by atoms with Gasteiger partial charge in [-0.2, -0.15) is 0 Å². The lowest BCUT2D eigenvalue weighted by Gasteiger charge is -2.32. The topological polar surface area (TPSA) is 76.2 Å². The van der Waals surface area contributed by atoms with Gasteiger partial charge in [0.2, 0.25) is 5.91 Å². The van der Waals surface area contributed by atoms with Crippen molar-refractivity contribution < 1.29 is 23.9 Å². The maximum absolute atomic E-state index is 12.8. The van der Waals surface area contributed by atoms with Crippen molar-refractivity contribution in [2.45, 2.75) is 45.2 Å². The van der Waals surface area contributed by atoms with E-state index in [-0.39, 0.29) is 30.9 Å². The molecule has 4 rings (SSSR count). The third-order valence-corrected chi connectivity index (χ3v) is 5.76. The first-order chi connectivity index (χ1) is 14.8. The van der Waals surface area contributed by atoms with Gasteiger partial charge in [-0.3, -0.25) is 19.3 Å². The number of carbonyl (C=O) groups is 3. The third-order valence-electron chi connectivity index (χ3n) is 5.76. The van der Waals surface area contributed by atoms with Crippen LogP contribution >= 0.6 is 0 Å². The largest absolute Gasteiger partial charge is 0.375 e. The first-order valence-corrected chi connectivity index (χ1v) is 10.3. The summed E-state index contributed by atoms with van der Waals surface area (Å²) in [5.41, 5.74) is 0.928. The first kappa shape index (κ1) is 21.2. The van der Waals surface area contributed by atoms with Crippen molar-refractivity contribution in [3.63, 3.8) is 0 Å². The minimum atomic E-state index is -0.879. The van der Waals surface area contributed by atoms with Gasteiger partial charge >= 0.3 is 0 Å². The van der Waals surface area contributed by atoms with Gasteiger partial charge in [-0.15, -0.1) is 0 Å². The summed E-state index contributed by atoms with van der Waals surface area (Å²) in [5.74, 6) is -0.831. The molecule has 2 unspecified atom stereocenters. The molecule has 0 aromatic heterocycles. The van der Waals surface area contributed by atoms with Gasteiger partial charge < -0.3 is 14.4 Å². The van der Waals surface area contributed by atoms with Gasteiger partial charge in [0.05, 0.1) is 36.9 Å². The van der Waals surface area contributed by atoms with E-state index in [0.717, 1.165) is 5.56 Å². The summed E-state index contributed by atoms with van der Waals surface area (Å²) in [5, 5.41) is 0. The zero-order chi connectivity index (χ0) is 22.2. The Kier molecular flexibility index (Phi) is 5.64. The second-order valence-corrected chi connectivity index (χ2v) is 8.33. The highest BCUT2D eigenvalue weighted by Gasteiger charge is 2.50. The van der Waals surface area contributed by atoms with Gasteiger partial charge in [-0.1, -0.05) is 42.5 Å². The van der Waals surface area contributed by atoms with Gasteiger partial charge in [0.15, 0.2) is 0 Å². The van der Waals surface area contributed by atoms with Crippen molar-refractivity contribution in [2.75, 3.05) is 13.2 Å². The van der Waals surface area contributed by atoms with E-state index in [1.54, 1.807) is 43.0 Å². The first-order valence-electron chi connectivity index (χ1n) is 10.3. The van der Waals surface area contributed by atoms with E-state index >= 15 is 0 Å². The van der Waals surface area contributed by atoms with Crippen LogP contribution in [-0.4, -0.2) is 58.5 Å². The van der Waals surface area contributed by atoms with Gasteiger partial charge in [0.1, 0.15) is 11.8 Å². The fourth-order valence-corrected chi connectivity index (χ4v) is 4.48. The fourth-order valence-electron chi connectivity index (χ4n) is 4.48. The Labute approximate surface area is 181 Å². The SMILES string of the molecule is CC(=O)N1C(COCc2ccccc2)C(CN2C(=O)c3ccccc3C2=O)OC1(C)C. The lowest BCUT2D eigenvalue weighted by atomic mass is 10.1. The van der Waals surface area contributed by atoms with E-state index < -0.39 is 17.9 Å². The van der Waals surface area contributed by atoms with E-state index in [9.17, 15) is 14.4 Å². The zero-order valence-electron chi connectivity index (χ0n) is 17.9. The molecular weight excluding hydrogens is 396 g/mol. The lowest BCUT2D eigenvalue weighted by Crippen LogP contribution is -2.50. The quantitative estimate of drug-likeness (QED) is 0.669. The molecule has 1 fully saturated rings. The molecule has 2 heterocycles. The van der Waals surface area contributed by atoms with Crippen LogP contribution in [0, 0.1) is 0 Å². The highest BCUT2D eigenvalue weighted by atomic mass is 16.6. The highest BCUT2D eigenvalue weighted by molar-refractivity contribution is 6.21. The molecule has 0 radical (unpaired) electrons. The van der Waals surface area contributed by atoms with Crippen LogP contribution in [0.2, 0.25) is 0 Å². The Morgan fingerprint density at radius 2 is 1.58 bits per heavy atom.